The molecule has 0 aromatic heterocycles. The molecule has 0 radical (unpaired) electrons. The van der Waals surface area contributed by atoms with E-state index in [4.69, 9.17) is 9.84 Å². The van der Waals surface area contributed by atoms with Crippen molar-refractivity contribution < 1.29 is 14.6 Å². The molecule has 0 amide bonds. The number of hydrogen-bond donors (Lipinski definition) is 1. The quantitative estimate of drug-likeness (QED) is 0.924. The fraction of sp³-hybridized carbons (Fsp3) is 0.417. The summed E-state index contributed by atoms with van der Waals surface area (Å²) in [6.07, 6.45) is -0.820. The van der Waals surface area contributed by atoms with E-state index in [0.717, 1.165) is 10.0 Å². The van der Waals surface area contributed by atoms with Gasteiger partial charge < -0.3 is 9.84 Å². The van der Waals surface area contributed by atoms with Crippen molar-refractivity contribution in [3.63, 3.8) is 0 Å². The Morgan fingerprint density at radius 3 is 2.50 bits per heavy atom. The van der Waals surface area contributed by atoms with Crippen LogP contribution in [-0.2, 0) is 4.79 Å². The van der Waals surface area contributed by atoms with Crippen molar-refractivity contribution in [3.05, 3.63) is 28.2 Å². The summed E-state index contributed by atoms with van der Waals surface area (Å²) in [7, 11) is 0. The SMILES string of the molecule is Cc1ccc(OC(C(=O)O)C(C)C)c(Br)c1. The molecule has 1 N–H and O–H groups in total. The van der Waals surface area contributed by atoms with Crippen LogP contribution in [0.25, 0.3) is 0 Å². The van der Waals surface area contributed by atoms with Crippen molar-refractivity contribution in [2.24, 2.45) is 5.92 Å². The van der Waals surface area contributed by atoms with E-state index in [1.165, 1.54) is 0 Å². The third kappa shape index (κ3) is 3.23. The molecule has 0 saturated heterocycles. The third-order valence-electron chi connectivity index (χ3n) is 2.19. The molecule has 16 heavy (non-hydrogen) atoms. The Bertz CT molecular complexity index is 388. The number of aryl methyl sites for hydroxylation is 1. The predicted molar refractivity (Wildman–Crippen MR) is 65.8 cm³/mol. The molecule has 3 nitrogen and oxygen atoms in total. The smallest absolute Gasteiger partial charge is 0.345 e. The summed E-state index contributed by atoms with van der Waals surface area (Å²) in [5, 5.41) is 9.01. The Balaban J connectivity index is 2.90. The monoisotopic (exact) mass is 286 g/mol. The van der Waals surface area contributed by atoms with Gasteiger partial charge in [0.2, 0.25) is 0 Å². The van der Waals surface area contributed by atoms with E-state index in [1.807, 2.05) is 32.9 Å². The van der Waals surface area contributed by atoms with Gasteiger partial charge in [-0.15, -0.1) is 0 Å². The van der Waals surface area contributed by atoms with Crippen LogP contribution in [0.3, 0.4) is 0 Å². The van der Waals surface area contributed by atoms with Crippen molar-refractivity contribution in [1.29, 1.82) is 0 Å². The Kier molecular flexibility index (Phi) is 4.35. The van der Waals surface area contributed by atoms with Crippen LogP contribution < -0.4 is 4.74 Å². The van der Waals surface area contributed by atoms with Gasteiger partial charge in [0.05, 0.1) is 4.47 Å². The predicted octanol–water partition coefficient (Wildman–Crippen LogP) is 3.25. The number of carboxylic acids is 1. The molecule has 1 aromatic rings. The Labute approximate surface area is 104 Å². The third-order valence-corrected chi connectivity index (χ3v) is 2.81. The highest BCUT2D eigenvalue weighted by atomic mass is 79.9. The highest BCUT2D eigenvalue weighted by Gasteiger charge is 2.24. The number of ether oxygens (including phenoxy) is 1. The summed E-state index contributed by atoms with van der Waals surface area (Å²) < 4.78 is 6.25. The minimum absolute atomic E-state index is 0.0781. The Morgan fingerprint density at radius 2 is 2.06 bits per heavy atom. The van der Waals surface area contributed by atoms with Crippen LogP contribution in [0, 0.1) is 12.8 Å². The van der Waals surface area contributed by atoms with E-state index in [1.54, 1.807) is 6.07 Å². The van der Waals surface area contributed by atoms with Crippen molar-refractivity contribution in [3.8, 4) is 5.75 Å². The number of benzene rings is 1. The van der Waals surface area contributed by atoms with Gasteiger partial charge in [-0.3, -0.25) is 0 Å². The summed E-state index contributed by atoms with van der Waals surface area (Å²) in [5.74, 6) is -0.458. The minimum atomic E-state index is -0.942. The molecule has 0 bridgehead atoms. The first-order valence-corrected chi connectivity index (χ1v) is 5.86. The average Bonchev–Trinajstić information content (AvgIpc) is 2.15. The van der Waals surface area contributed by atoms with Gasteiger partial charge in [-0.2, -0.15) is 0 Å². The molecule has 0 fully saturated rings. The molecule has 1 unspecified atom stereocenters. The van der Waals surface area contributed by atoms with Crippen LogP contribution >= 0.6 is 15.9 Å². The number of aliphatic carboxylic acids is 1. The Morgan fingerprint density at radius 1 is 1.44 bits per heavy atom. The van der Waals surface area contributed by atoms with Crippen LogP contribution in [0.5, 0.6) is 5.75 Å². The van der Waals surface area contributed by atoms with Gasteiger partial charge in [-0.1, -0.05) is 19.9 Å². The van der Waals surface area contributed by atoms with Crippen molar-refractivity contribution >= 4 is 21.9 Å². The van der Waals surface area contributed by atoms with Crippen LogP contribution in [0.1, 0.15) is 19.4 Å². The second-order valence-corrected chi connectivity index (χ2v) is 4.91. The molecule has 0 heterocycles. The highest BCUT2D eigenvalue weighted by molar-refractivity contribution is 9.10. The first-order chi connectivity index (χ1) is 7.41. The summed E-state index contributed by atoms with van der Waals surface area (Å²) in [6.45, 7) is 5.60. The molecule has 0 aliphatic rings. The van der Waals surface area contributed by atoms with Gasteiger partial charge in [0.25, 0.3) is 0 Å². The molecule has 0 aliphatic carbocycles. The van der Waals surface area contributed by atoms with Crippen LogP contribution in [0.4, 0.5) is 0 Å². The second-order valence-electron chi connectivity index (χ2n) is 4.05. The maximum Gasteiger partial charge on any atom is 0.345 e. The number of hydrogen-bond acceptors (Lipinski definition) is 2. The summed E-state index contributed by atoms with van der Waals surface area (Å²) >= 11 is 3.36. The van der Waals surface area contributed by atoms with E-state index >= 15 is 0 Å². The molecule has 0 aliphatic heterocycles. The fourth-order valence-electron chi connectivity index (χ4n) is 1.31. The van der Waals surface area contributed by atoms with Gasteiger partial charge in [0.1, 0.15) is 5.75 Å². The van der Waals surface area contributed by atoms with E-state index in [0.29, 0.717) is 5.75 Å². The molecule has 1 rings (SSSR count). The molecular formula is C12H15BrO3. The standard InChI is InChI=1S/C12H15BrO3/c1-7(2)11(12(14)15)16-10-5-4-8(3)6-9(10)13/h4-7,11H,1-3H3,(H,14,15). The van der Waals surface area contributed by atoms with E-state index < -0.39 is 12.1 Å². The molecule has 4 heteroatoms. The van der Waals surface area contributed by atoms with Gasteiger partial charge in [0, 0.05) is 5.92 Å². The number of carbonyl (C=O) groups is 1. The molecule has 0 saturated carbocycles. The molecule has 1 aromatic carbocycles. The number of carboxylic acid groups (broad SMARTS) is 1. The minimum Gasteiger partial charge on any atom is -0.478 e. The largest absolute Gasteiger partial charge is 0.478 e. The number of halogens is 1. The van der Waals surface area contributed by atoms with Gasteiger partial charge >= 0.3 is 5.97 Å². The zero-order valence-corrected chi connectivity index (χ0v) is 11.1. The maximum atomic E-state index is 11.0. The van der Waals surface area contributed by atoms with Crippen LogP contribution in [0.2, 0.25) is 0 Å². The lowest BCUT2D eigenvalue weighted by molar-refractivity contribution is -0.147. The molecule has 0 spiro atoms. The molecular weight excluding hydrogens is 272 g/mol. The molecule has 88 valence electrons. The lowest BCUT2D eigenvalue weighted by Crippen LogP contribution is -2.32. The highest BCUT2D eigenvalue weighted by Crippen LogP contribution is 2.27. The van der Waals surface area contributed by atoms with E-state index in [9.17, 15) is 4.79 Å². The number of rotatable bonds is 4. The zero-order chi connectivity index (χ0) is 12.3. The first-order valence-electron chi connectivity index (χ1n) is 5.07. The normalized spacial score (nSPS) is 12.6. The van der Waals surface area contributed by atoms with Crippen molar-refractivity contribution in [2.75, 3.05) is 0 Å². The van der Waals surface area contributed by atoms with Gasteiger partial charge in [-0.25, -0.2) is 4.79 Å². The summed E-state index contributed by atoms with van der Waals surface area (Å²) in [5.41, 5.74) is 1.09. The molecule has 1 atom stereocenters. The fourth-order valence-corrected chi connectivity index (χ4v) is 1.90. The van der Waals surface area contributed by atoms with E-state index in [2.05, 4.69) is 15.9 Å². The van der Waals surface area contributed by atoms with Gasteiger partial charge in [0.15, 0.2) is 6.10 Å². The Hall–Kier alpha value is -1.03. The zero-order valence-electron chi connectivity index (χ0n) is 9.53. The summed E-state index contributed by atoms with van der Waals surface area (Å²) in [6, 6.07) is 5.56. The summed E-state index contributed by atoms with van der Waals surface area (Å²) in [4.78, 5) is 11.0. The van der Waals surface area contributed by atoms with Crippen LogP contribution in [-0.4, -0.2) is 17.2 Å². The first kappa shape index (κ1) is 13.0. The van der Waals surface area contributed by atoms with Crippen molar-refractivity contribution in [1.82, 2.24) is 0 Å². The van der Waals surface area contributed by atoms with Crippen LogP contribution in [0.15, 0.2) is 22.7 Å². The average molecular weight is 287 g/mol. The van der Waals surface area contributed by atoms with E-state index in [-0.39, 0.29) is 5.92 Å². The lowest BCUT2D eigenvalue weighted by Gasteiger charge is -2.19. The second kappa shape index (κ2) is 5.34. The van der Waals surface area contributed by atoms with Gasteiger partial charge in [-0.05, 0) is 40.5 Å². The van der Waals surface area contributed by atoms with Crippen molar-refractivity contribution in [2.45, 2.75) is 26.9 Å². The maximum absolute atomic E-state index is 11.0. The lowest BCUT2D eigenvalue weighted by atomic mass is 10.1. The topological polar surface area (TPSA) is 46.5 Å².